The number of nitrogen functional groups attached to an aromatic ring is 1. The Morgan fingerprint density at radius 1 is 1.47 bits per heavy atom. The lowest BCUT2D eigenvalue weighted by Gasteiger charge is -2.20. The van der Waals surface area contributed by atoms with Crippen molar-refractivity contribution in [2.45, 2.75) is 13.3 Å². The van der Waals surface area contributed by atoms with Crippen molar-refractivity contribution in [3.8, 4) is 0 Å². The largest absolute Gasteiger partial charge is 0.384 e. The van der Waals surface area contributed by atoms with Crippen LogP contribution in [0.1, 0.15) is 17.5 Å². The molecule has 3 N–H and O–H groups in total. The summed E-state index contributed by atoms with van der Waals surface area (Å²) in [6.07, 6.45) is 3.32. The number of nitrogens with one attached hydrogen (secondary N) is 1. The molecular formula is C13H21N3S. The van der Waals surface area contributed by atoms with Crippen LogP contribution >= 0.6 is 11.8 Å². The first-order valence-corrected chi connectivity index (χ1v) is 7.10. The molecular weight excluding hydrogens is 230 g/mol. The van der Waals surface area contributed by atoms with E-state index < -0.39 is 0 Å². The summed E-state index contributed by atoms with van der Waals surface area (Å²) < 4.78 is 0. The van der Waals surface area contributed by atoms with Crippen molar-refractivity contribution in [3.63, 3.8) is 0 Å². The summed E-state index contributed by atoms with van der Waals surface area (Å²) >= 11 is 1.88. The van der Waals surface area contributed by atoms with Crippen molar-refractivity contribution >= 4 is 23.3 Å². The fourth-order valence-electron chi connectivity index (χ4n) is 1.76. The molecule has 0 aliphatic rings. The lowest BCUT2D eigenvalue weighted by Crippen LogP contribution is -2.20. The molecule has 0 amide bonds. The van der Waals surface area contributed by atoms with Crippen LogP contribution in [0, 0.1) is 12.3 Å². The molecule has 1 rings (SSSR count). The second-order valence-electron chi connectivity index (χ2n) is 4.18. The third kappa shape index (κ3) is 3.97. The lowest BCUT2D eigenvalue weighted by atomic mass is 10.1. The maximum Gasteiger partial charge on any atom is 0.123 e. The zero-order valence-electron chi connectivity index (χ0n) is 10.8. The summed E-state index contributed by atoms with van der Waals surface area (Å²) in [7, 11) is 2.10. The van der Waals surface area contributed by atoms with E-state index in [1.807, 2.05) is 30.8 Å². The molecule has 0 fully saturated rings. The van der Waals surface area contributed by atoms with Gasteiger partial charge in [0.2, 0.25) is 0 Å². The molecule has 0 aromatic heterocycles. The van der Waals surface area contributed by atoms with Gasteiger partial charge in [-0.2, -0.15) is 11.8 Å². The summed E-state index contributed by atoms with van der Waals surface area (Å²) in [5.74, 6) is 1.33. The Hall–Kier alpha value is -1.16. The molecule has 0 heterocycles. The SMILES string of the molecule is CSCCCN(C)c1ccc(C(=N)N)c(C)c1. The Kier molecular flexibility index (Phi) is 5.35. The summed E-state index contributed by atoms with van der Waals surface area (Å²) in [5, 5.41) is 7.45. The molecule has 0 unspecified atom stereocenters. The normalized spacial score (nSPS) is 10.3. The molecule has 0 bridgehead atoms. The van der Waals surface area contributed by atoms with E-state index in [4.69, 9.17) is 11.1 Å². The minimum absolute atomic E-state index is 0.138. The van der Waals surface area contributed by atoms with E-state index >= 15 is 0 Å². The molecule has 0 saturated carbocycles. The number of hydrogen-bond donors (Lipinski definition) is 2. The first kappa shape index (κ1) is 13.9. The predicted octanol–water partition coefficient (Wildman–Crippen LogP) is 2.47. The zero-order chi connectivity index (χ0) is 12.8. The molecule has 1 aromatic carbocycles. The van der Waals surface area contributed by atoms with Gasteiger partial charge >= 0.3 is 0 Å². The maximum atomic E-state index is 7.45. The van der Waals surface area contributed by atoms with E-state index in [0.717, 1.165) is 17.7 Å². The molecule has 0 atom stereocenters. The van der Waals surface area contributed by atoms with Crippen molar-refractivity contribution in [2.75, 3.05) is 30.5 Å². The van der Waals surface area contributed by atoms with Gasteiger partial charge in [-0.15, -0.1) is 0 Å². The Labute approximate surface area is 108 Å². The first-order chi connectivity index (χ1) is 8.06. The smallest absolute Gasteiger partial charge is 0.123 e. The summed E-state index contributed by atoms with van der Waals surface area (Å²) in [6.45, 7) is 3.05. The summed E-state index contributed by atoms with van der Waals surface area (Å²) in [4.78, 5) is 2.24. The van der Waals surface area contributed by atoms with Gasteiger partial charge in [-0.05, 0) is 49.1 Å². The number of amidine groups is 1. The fraction of sp³-hybridized carbons (Fsp3) is 0.462. The highest BCUT2D eigenvalue weighted by Gasteiger charge is 2.05. The van der Waals surface area contributed by atoms with Gasteiger partial charge < -0.3 is 10.6 Å². The highest BCUT2D eigenvalue weighted by atomic mass is 32.2. The number of anilines is 1. The van der Waals surface area contributed by atoms with Gasteiger partial charge in [0, 0.05) is 24.8 Å². The van der Waals surface area contributed by atoms with Crippen LogP contribution < -0.4 is 10.6 Å². The molecule has 0 saturated heterocycles. The lowest BCUT2D eigenvalue weighted by molar-refractivity contribution is 0.859. The third-order valence-electron chi connectivity index (χ3n) is 2.78. The van der Waals surface area contributed by atoms with Gasteiger partial charge in [0.25, 0.3) is 0 Å². The quantitative estimate of drug-likeness (QED) is 0.464. The Bertz CT molecular complexity index is 390. The highest BCUT2D eigenvalue weighted by molar-refractivity contribution is 7.98. The molecule has 0 spiro atoms. The standard InChI is InChI=1S/C13H21N3S/c1-10-9-11(5-6-12(10)13(14)15)16(2)7-4-8-17-3/h5-6,9H,4,7-8H2,1-3H3,(H3,14,15). The minimum atomic E-state index is 0.138. The summed E-state index contributed by atoms with van der Waals surface area (Å²) in [5.41, 5.74) is 8.58. The van der Waals surface area contributed by atoms with Crippen LogP contribution in [0.15, 0.2) is 18.2 Å². The summed E-state index contributed by atoms with van der Waals surface area (Å²) in [6, 6.07) is 6.05. The van der Waals surface area contributed by atoms with Gasteiger partial charge in [-0.3, -0.25) is 5.41 Å². The van der Waals surface area contributed by atoms with Crippen LogP contribution in [-0.2, 0) is 0 Å². The van der Waals surface area contributed by atoms with E-state index in [0.29, 0.717) is 0 Å². The van der Waals surface area contributed by atoms with E-state index in [2.05, 4.69) is 24.3 Å². The van der Waals surface area contributed by atoms with Gasteiger partial charge in [0.1, 0.15) is 5.84 Å². The van der Waals surface area contributed by atoms with E-state index in [9.17, 15) is 0 Å². The van der Waals surface area contributed by atoms with Gasteiger partial charge in [0.15, 0.2) is 0 Å². The second kappa shape index (κ2) is 6.55. The number of nitrogens with zero attached hydrogens (tertiary/aromatic N) is 1. The van der Waals surface area contributed by atoms with Crippen LogP contribution in [0.5, 0.6) is 0 Å². The average molecular weight is 251 g/mol. The minimum Gasteiger partial charge on any atom is -0.384 e. The van der Waals surface area contributed by atoms with E-state index in [1.54, 1.807) is 0 Å². The number of nitrogens with two attached hydrogens (primary N) is 1. The topological polar surface area (TPSA) is 53.1 Å². The molecule has 1 aromatic rings. The van der Waals surface area contributed by atoms with Crippen molar-refractivity contribution in [1.29, 1.82) is 5.41 Å². The van der Waals surface area contributed by atoms with Gasteiger partial charge in [-0.1, -0.05) is 0 Å². The Morgan fingerprint density at radius 2 is 2.18 bits per heavy atom. The van der Waals surface area contributed by atoms with Crippen molar-refractivity contribution in [1.82, 2.24) is 0 Å². The molecule has 0 radical (unpaired) electrons. The number of hydrogen-bond acceptors (Lipinski definition) is 3. The van der Waals surface area contributed by atoms with Crippen LogP contribution in [0.25, 0.3) is 0 Å². The average Bonchev–Trinajstić information content (AvgIpc) is 2.28. The third-order valence-corrected chi connectivity index (χ3v) is 3.48. The molecule has 0 aliphatic heterocycles. The van der Waals surface area contributed by atoms with Crippen LogP contribution in [0.3, 0.4) is 0 Å². The molecule has 3 nitrogen and oxygen atoms in total. The van der Waals surface area contributed by atoms with E-state index in [-0.39, 0.29) is 5.84 Å². The van der Waals surface area contributed by atoms with E-state index in [1.165, 1.54) is 17.9 Å². The number of benzene rings is 1. The monoisotopic (exact) mass is 251 g/mol. The first-order valence-electron chi connectivity index (χ1n) is 5.71. The van der Waals surface area contributed by atoms with Crippen LogP contribution in [0.4, 0.5) is 5.69 Å². The number of rotatable bonds is 6. The van der Waals surface area contributed by atoms with Gasteiger partial charge in [-0.25, -0.2) is 0 Å². The second-order valence-corrected chi connectivity index (χ2v) is 5.17. The predicted molar refractivity (Wildman–Crippen MR) is 78.5 cm³/mol. The Balaban J connectivity index is 2.72. The molecule has 94 valence electrons. The molecule has 17 heavy (non-hydrogen) atoms. The van der Waals surface area contributed by atoms with Gasteiger partial charge in [0.05, 0.1) is 0 Å². The molecule has 0 aliphatic carbocycles. The van der Waals surface area contributed by atoms with Crippen molar-refractivity contribution in [2.24, 2.45) is 5.73 Å². The number of thioether (sulfide) groups is 1. The number of aryl methyl sites for hydroxylation is 1. The molecule has 4 heteroatoms. The van der Waals surface area contributed by atoms with Crippen LogP contribution in [-0.4, -0.2) is 31.4 Å². The van der Waals surface area contributed by atoms with Crippen molar-refractivity contribution in [3.05, 3.63) is 29.3 Å². The van der Waals surface area contributed by atoms with Crippen molar-refractivity contribution < 1.29 is 0 Å². The highest BCUT2D eigenvalue weighted by Crippen LogP contribution is 2.18. The zero-order valence-corrected chi connectivity index (χ0v) is 11.6. The van der Waals surface area contributed by atoms with Crippen LogP contribution in [0.2, 0.25) is 0 Å². The fourth-order valence-corrected chi connectivity index (χ4v) is 2.18. The Morgan fingerprint density at radius 3 is 2.71 bits per heavy atom. The maximum absolute atomic E-state index is 7.45.